The van der Waals surface area contributed by atoms with E-state index in [0.29, 0.717) is 13.1 Å². The summed E-state index contributed by atoms with van der Waals surface area (Å²) in [6.45, 7) is 3.09. The molecule has 0 spiro atoms. The third kappa shape index (κ3) is 9.28. The average molecular weight is 202 g/mol. The maximum Gasteiger partial charge on any atom is 0.314 e. The van der Waals surface area contributed by atoms with Gasteiger partial charge in [-0.3, -0.25) is 0 Å². The average Bonchev–Trinajstić information content (AvgIpc) is 2.02. The second-order valence-corrected chi connectivity index (χ2v) is 3.79. The molecule has 0 aromatic heterocycles. The van der Waals surface area contributed by atoms with Crippen LogP contribution in [-0.4, -0.2) is 70.2 Å². The van der Waals surface area contributed by atoms with Gasteiger partial charge in [0.2, 0.25) is 0 Å². The third-order valence-corrected chi connectivity index (χ3v) is 1.69. The quantitative estimate of drug-likeness (QED) is 0.605. The Morgan fingerprint density at radius 2 is 1.29 bits per heavy atom. The highest BCUT2D eigenvalue weighted by molar-refractivity contribution is 5.73. The second kappa shape index (κ2) is 7.58. The van der Waals surface area contributed by atoms with Gasteiger partial charge in [-0.05, 0) is 28.2 Å². The number of carbonyl (C=O) groups is 1. The van der Waals surface area contributed by atoms with E-state index >= 15 is 0 Å². The Morgan fingerprint density at radius 1 is 0.929 bits per heavy atom. The number of rotatable bonds is 6. The van der Waals surface area contributed by atoms with Crippen molar-refractivity contribution in [2.45, 2.75) is 0 Å². The van der Waals surface area contributed by atoms with Gasteiger partial charge in [-0.15, -0.1) is 0 Å². The van der Waals surface area contributed by atoms with Gasteiger partial charge in [0.1, 0.15) is 0 Å². The third-order valence-electron chi connectivity index (χ3n) is 1.69. The minimum atomic E-state index is -0.0892. The summed E-state index contributed by atoms with van der Waals surface area (Å²) in [5.74, 6) is 0. The zero-order chi connectivity index (χ0) is 11.0. The van der Waals surface area contributed by atoms with Crippen LogP contribution in [0.15, 0.2) is 0 Å². The monoisotopic (exact) mass is 202 g/mol. The van der Waals surface area contributed by atoms with Crippen molar-refractivity contribution >= 4 is 6.03 Å². The summed E-state index contributed by atoms with van der Waals surface area (Å²) >= 11 is 0. The van der Waals surface area contributed by atoms with E-state index in [2.05, 4.69) is 10.6 Å². The van der Waals surface area contributed by atoms with Crippen LogP contribution in [-0.2, 0) is 0 Å². The van der Waals surface area contributed by atoms with E-state index in [9.17, 15) is 4.79 Å². The molecule has 0 aliphatic rings. The van der Waals surface area contributed by atoms with E-state index in [0.717, 1.165) is 13.1 Å². The van der Waals surface area contributed by atoms with Crippen molar-refractivity contribution in [3.63, 3.8) is 0 Å². The molecule has 0 aromatic rings. The number of nitrogens with zero attached hydrogens (tertiary/aromatic N) is 2. The minimum absolute atomic E-state index is 0.0892. The van der Waals surface area contributed by atoms with Gasteiger partial charge in [0, 0.05) is 26.2 Å². The van der Waals surface area contributed by atoms with Gasteiger partial charge in [0.05, 0.1) is 0 Å². The lowest BCUT2D eigenvalue weighted by molar-refractivity contribution is 0.238. The summed E-state index contributed by atoms with van der Waals surface area (Å²) in [6.07, 6.45) is 0. The second-order valence-electron chi connectivity index (χ2n) is 3.79. The summed E-state index contributed by atoms with van der Waals surface area (Å²) in [5, 5.41) is 5.55. The molecule has 0 saturated heterocycles. The standard InChI is InChI=1S/C9H22N4O/c1-12(2)7-5-10-9(14)11-6-8-13(3)4/h5-8H2,1-4H3,(H2,10,11,14). The Labute approximate surface area is 86.4 Å². The van der Waals surface area contributed by atoms with Gasteiger partial charge >= 0.3 is 6.03 Å². The van der Waals surface area contributed by atoms with Crippen molar-refractivity contribution in [1.29, 1.82) is 0 Å². The molecular weight excluding hydrogens is 180 g/mol. The van der Waals surface area contributed by atoms with Crippen molar-refractivity contribution in [3.05, 3.63) is 0 Å². The number of hydrogen-bond acceptors (Lipinski definition) is 3. The minimum Gasteiger partial charge on any atom is -0.337 e. The first kappa shape index (κ1) is 13.2. The molecule has 0 saturated carbocycles. The summed E-state index contributed by atoms with van der Waals surface area (Å²) in [7, 11) is 7.91. The highest BCUT2D eigenvalue weighted by atomic mass is 16.2. The maximum absolute atomic E-state index is 11.1. The number of nitrogens with one attached hydrogen (secondary N) is 2. The topological polar surface area (TPSA) is 47.6 Å². The summed E-state index contributed by atoms with van der Waals surface area (Å²) in [4.78, 5) is 15.2. The highest BCUT2D eigenvalue weighted by Crippen LogP contribution is 1.73. The lowest BCUT2D eigenvalue weighted by Crippen LogP contribution is -2.41. The number of hydrogen-bond donors (Lipinski definition) is 2. The van der Waals surface area contributed by atoms with Crippen LogP contribution in [0.5, 0.6) is 0 Å². The first-order valence-electron chi connectivity index (χ1n) is 4.83. The molecular formula is C9H22N4O. The molecule has 0 fully saturated rings. The first-order chi connectivity index (χ1) is 6.52. The van der Waals surface area contributed by atoms with E-state index in [1.165, 1.54) is 0 Å². The van der Waals surface area contributed by atoms with Gasteiger partial charge in [-0.25, -0.2) is 4.79 Å². The van der Waals surface area contributed by atoms with Crippen LogP contribution in [0.25, 0.3) is 0 Å². The fourth-order valence-corrected chi connectivity index (χ4v) is 0.849. The molecule has 5 heteroatoms. The van der Waals surface area contributed by atoms with E-state index in [1.54, 1.807) is 0 Å². The van der Waals surface area contributed by atoms with Gasteiger partial charge in [0.25, 0.3) is 0 Å². The predicted octanol–water partition coefficient (Wildman–Crippen LogP) is -0.591. The van der Waals surface area contributed by atoms with Gasteiger partial charge in [-0.1, -0.05) is 0 Å². The molecule has 0 radical (unpaired) electrons. The Hall–Kier alpha value is -0.810. The molecule has 2 amide bonds. The molecule has 0 rings (SSSR count). The van der Waals surface area contributed by atoms with Crippen molar-refractivity contribution in [1.82, 2.24) is 20.4 Å². The summed E-state index contributed by atoms with van der Waals surface area (Å²) in [5.41, 5.74) is 0. The Balaban J connectivity index is 3.28. The normalized spacial score (nSPS) is 10.7. The van der Waals surface area contributed by atoms with E-state index < -0.39 is 0 Å². The molecule has 84 valence electrons. The van der Waals surface area contributed by atoms with Crippen LogP contribution < -0.4 is 10.6 Å². The zero-order valence-electron chi connectivity index (χ0n) is 9.63. The number of amides is 2. The smallest absolute Gasteiger partial charge is 0.314 e. The molecule has 5 nitrogen and oxygen atoms in total. The molecule has 0 aliphatic carbocycles. The predicted molar refractivity (Wildman–Crippen MR) is 58.5 cm³/mol. The zero-order valence-corrected chi connectivity index (χ0v) is 9.63. The molecule has 0 aliphatic heterocycles. The van der Waals surface area contributed by atoms with Crippen LogP contribution in [0.4, 0.5) is 4.79 Å². The largest absolute Gasteiger partial charge is 0.337 e. The van der Waals surface area contributed by atoms with Crippen LogP contribution in [0.1, 0.15) is 0 Å². The molecule has 0 bridgehead atoms. The molecule has 0 atom stereocenters. The van der Waals surface area contributed by atoms with E-state index in [1.807, 2.05) is 38.0 Å². The lowest BCUT2D eigenvalue weighted by Gasteiger charge is -2.12. The van der Waals surface area contributed by atoms with Crippen LogP contribution in [0.2, 0.25) is 0 Å². The van der Waals surface area contributed by atoms with Gasteiger partial charge < -0.3 is 20.4 Å². The van der Waals surface area contributed by atoms with Gasteiger partial charge in [0.15, 0.2) is 0 Å². The number of urea groups is 1. The molecule has 14 heavy (non-hydrogen) atoms. The fourth-order valence-electron chi connectivity index (χ4n) is 0.849. The molecule has 0 heterocycles. The molecule has 2 N–H and O–H groups in total. The van der Waals surface area contributed by atoms with Crippen molar-refractivity contribution in [3.8, 4) is 0 Å². The Morgan fingerprint density at radius 3 is 1.57 bits per heavy atom. The number of likely N-dealkylation sites (N-methyl/N-ethyl adjacent to an activating group) is 2. The number of carbonyl (C=O) groups excluding carboxylic acids is 1. The highest BCUT2D eigenvalue weighted by Gasteiger charge is 1.98. The Bertz CT molecular complexity index is 143. The van der Waals surface area contributed by atoms with Crippen LogP contribution in [0, 0.1) is 0 Å². The van der Waals surface area contributed by atoms with Crippen molar-refractivity contribution in [2.75, 3.05) is 54.4 Å². The first-order valence-corrected chi connectivity index (χ1v) is 4.83. The fraction of sp³-hybridized carbons (Fsp3) is 0.889. The Kier molecular flexibility index (Phi) is 7.14. The van der Waals surface area contributed by atoms with Crippen LogP contribution >= 0.6 is 0 Å². The van der Waals surface area contributed by atoms with E-state index in [-0.39, 0.29) is 6.03 Å². The van der Waals surface area contributed by atoms with Gasteiger partial charge in [-0.2, -0.15) is 0 Å². The SMILES string of the molecule is CN(C)CCNC(=O)NCCN(C)C. The van der Waals surface area contributed by atoms with Crippen LogP contribution in [0.3, 0.4) is 0 Å². The summed E-state index contributed by atoms with van der Waals surface area (Å²) in [6, 6.07) is -0.0892. The van der Waals surface area contributed by atoms with Crippen molar-refractivity contribution < 1.29 is 4.79 Å². The maximum atomic E-state index is 11.1. The lowest BCUT2D eigenvalue weighted by atomic mass is 10.5. The van der Waals surface area contributed by atoms with E-state index in [4.69, 9.17) is 0 Å². The molecule has 0 aromatic carbocycles. The van der Waals surface area contributed by atoms with Crippen molar-refractivity contribution in [2.24, 2.45) is 0 Å². The summed E-state index contributed by atoms with van der Waals surface area (Å²) < 4.78 is 0. The molecule has 0 unspecified atom stereocenters.